The molecule has 0 saturated carbocycles. The monoisotopic (exact) mass is 834 g/mol. The summed E-state index contributed by atoms with van der Waals surface area (Å²) in [6.45, 7) is 14.1. The summed E-state index contributed by atoms with van der Waals surface area (Å²) in [6, 6.07) is 0. The summed E-state index contributed by atoms with van der Waals surface area (Å²) >= 11 is 0. The Kier molecular flexibility index (Phi) is 18.7. The maximum Gasteiger partial charge on any atom is 0.371 e. The summed E-state index contributed by atoms with van der Waals surface area (Å²) in [5.41, 5.74) is 0. The van der Waals surface area contributed by atoms with Crippen LogP contribution in [0.3, 0.4) is 0 Å². The van der Waals surface area contributed by atoms with Crippen LogP contribution in [-0.4, -0.2) is 130 Å². The van der Waals surface area contributed by atoms with Gasteiger partial charge in [-0.25, -0.2) is 22.6 Å². The van der Waals surface area contributed by atoms with E-state index in [9.17, 15) is 46.7 Å². The molecular formula is C35H56F2O18S. The molecule has 18 nitrogen and oxygen atoms in total. The van der Waals surface area contributed by atoms with E-state index in [0.717, 1.165) is 35.0 Å². The van der Waals surface area contributed by atoms with Crippen LogP contribution in [0.1, 0.15) is 82.1 Å². The summed E-state index contributed by atoms with van der Waals surface area (Å²) in [4.78, 5) is 70.6. The number of alkyl halides is 2. The third kappa shape index (κ3) is 12.2. The lowest BCUT2D eigenvalue weighted by atomic mass is 9.78. The zero-order chi connectivity index (χ0) is 43.7. The van der Waals surface area contributed by atoms with Gasteiger partial charge in [0.05, 0.1) is 20.5 Å². The predicted molar refractivity (Wildman–Crippen MR) is 187 cm³/mol. The lowest BCUT2D eigenvalue weighted by Crippen LogP contribution is -2.66. The highest BCUT2D eigenvalue weighted by Crippen LogP contribution is 2.44. The van der Waals surface area contributed by atoms with Crippen LogP contribution in [0.15, 0.2) is 0 Å². The first-order valence-electron chi connectivity index (χ1n) is 17.8. The maximum atomic E-state index is 15.3. The fourth-order valence-electron chi connectivity index (χ4n) is 6.54. The van der Waals surface area contributed by atoms with Crippen LogP contribution >= 0.6 is 0 Å². The van der Waals surface area contributed by atoms with E-state index in [4.69, 9.17) is 32.6 Å². The minimum Gasteiger partial charge on any atom is -0.465 e. The predicted octanol–water partition coefficient (Wildman–Crippen LogP) is 2.24. The largest absolute Gasteiger partial charge is 0.465 e. The van der Waals surface area contributed by atoms with Crippen LogP contribution in [0, 0.1) is 23.7 Å². The average molecular weight is 835 g/mol. The molecule has 4 unspecified atom stereocenters. The quantitative estimate of drug-likeness (QED) is 0.150. The zero-order valence-corrected chi connectivity index (χ0v) is 34.7. The number of carbonyl (C=O) groups excluding carboxylic acids is 6. The standard InChI is InChI=1S/C18H29FO10S.C17H27FO8/c1-8-13(26-11(4)20)15(27-12(5)21)14-9(2)10(3)16(19)18(28-14,17(22)25-6)29-30(7,23)24;1-7-12(24-10(4)19)14(25-11(5)20)13-8(2)9(3)15(18)17(22,26-13)16(21)23-6/h9-10,13-16H,8H2,1-7H3;8-9,12-15,22H,7H2,1-6H3/t9-,10+,13-,14?,15-,16?,18-;8-,9+,12-,13?,14-,15?,17+/m11/s1. The smallest absolute Gasteiger partial charge is 0.371 e. The number of halogens is 2. The highest BCUT2D eigenvalue weighted by Gasteiger charge is 2.64. The van der Waals surface area contributed by atoms with Crippen molar-refractivity contribution in [3.8, 4) is 0 Å². The molecule has 0 bridgehead atoms. The van der Waals surface area contributed by atoms with Gasteiger partial charge in [-0.3, -0.25) is 19.2 Å². The molecule has 2 aliphatic rings. The van der Waals surface area contributed by atoms with Gasteiger partial charge in [0, 0.05) is 27.7 Å². The molecule has 0 radical (unpaired) electrons. The fourth-order valence-corrected chi connectivity index (χ4v) is 7.19. The van der Waals surface area contributed by atoms with Gasteiger partial charge in [-0.05, 0) is 36.5 Å². The van der Waals surface area contributed by atoms with E-state index < -0.39 is 130 Å². The van der Waals surface area contributed by atoms with Crippen molar-refractivity contribution in [1.29, 1.82) is 0 Å². The molecule has 0 aliphatic carbocycles. The molecule has 0 aromatic heterocycles. The van der Waals surface area contributed by atoms with Crippen molar-refractivity contribution in [1.82, 2.24) is 0 Å². The summed E-state index contributed by atoms with van der Waals surface area (Å²) in [6.07, 6.45) is -9.85. The van der Waals surface area contributed by atoms with E-state index in [1.165, 1.54) is 20.8 Å². The van der Waals surface area contributed by atoms with Crippen molar-refractivity contribution >= 4 is 45.9 Å². The normalized spacial score (nSPS) is 32.4. The zero-order valence-electron chi connectivity index (χ0n) is 33.9. The van der Waals surface area contributed by atoms with E-state index in [2.05, 4.69) is 9.47 Å². The minimum atomic E-state index is -4.39. The van der Waals surface area contributed by atoms with Crippen molar-refractivity contribution in [2.75, 3.05) is 20.5 Å². The molecule has 1 N–H and O–H groups in total. The van der Waals surface area contributed by atoms with Crippen molar-refractivity contribution in [2.24, 2.45) is 23.7 Å². The first kappa shape index (κ1) is 50.5. The van der Waals surface area contributed by atoms with Gasteiger partial charge in [-0.2, -0.15) is 8.42 Å². The highest BCUT2D eigenvalue weighted by molar-refractivity contribution is 7.86. The molecular weight excluding hydrogens is 778 g/mol. The Morgan fingerprint density at radius 3 is 1.32 bits per heavy atom. The molecule has 21 heteroatoms. The Labute approximate surface area is 325 Å². The van der Waals surface area contributed by atoms with E-state index in [0.29, 0.717) is 6.26 Å². The Morgan fingerprint density at radius 2 is 1.00 bits per heavy atom. The van der Waals surface area contributed by atoms with Crippen molar-refractivity contribution in [3.05, 3.63) is 0 Å². The second-order valence-electron chi connectivity index (χ2n) is 13.8. The third-order valence-corrected chi connectivity index (χ3v) is 10.2. The Bertz CT molecular complexity index is 1510. The van der Waals surface area contributed by atoms with Gasteiger partial charge in [0.15, 0.2) is 24.6 Å². The number of ether oxygens (including phenoxy) is 8. The minimum absolute atomic E-state index is 0.190. The number of esters is 6. The molecule has 0 aromatic rings. The van der Waals surface area contributed by atoms with E-state index >= 15 is 4.39 Å². The van der Waals surface area contributed by atoms with Gasteiger partial charge in [0.25, 0.3) is 15.9 Å². The molecule has 0 spiro atoms. The van der Waals surface area contributed by atoms with E-state index in [-0.39, 0.29) is 12.8 Å². The van der Waals surface area contributed by atoms with E-state index in [1.54, 1.807) is 27.7 Å². The van der Waals surface area contributed by atoms with Crippen molar-refractivity contribution < 1.29 is 93.2 Å². The maximum absolute atomic E-state index is 15.3. The van der Waals surface area contributed by atoms with Crippen LogP contribution < -0.4 is 0 Å². The van der Waals surface area contributed by atoms with Gasteiger partial charge in [0.2, 0.25) is 0 Å². The molecule has 56 heavy (non-hydrogen) atoms. The van der Waals surface area contributed by atoms with Crippen molar-refractivity contribution in [3.63, 3.8) is 0 Å². The average Bonchev–Trinajstić information content (AvgIpc) is 3.10. The van der Waals surface area contributed by atoms with Gasteiger partial charge in [0.1, 0.15) is 24.4 Å². The van der Waals surface area contributed by atoms with Gasteiger partial charge >= 0.3 is 41.6 Å². The van der Waals surface area contributed by atoms with Gasteiger partial charge < -0.3 is 43.0 Å². The number of hydrogen-bond donors (Lipinski definition) is 1. The Hall–Kier alpha value is -3.53. The molecule has 2 saturated heterocycles. The lowest BCUT2D eigenvalue weighted by molar-refractivity contribution is -0.320. The number of methoxy groups -OCH3 is 2. The summed E-state index contributed by atoms with van der Waals surface area (Å²) < 4.78 is 99.4. The van der Waals surface area contributed by atoms with Crippen LogP contribution in [-0.2, 0) is 81.0 Å². The van der Waals surface area contributed by atoms with Crippen LogP contribution in [0.4, 0.5) is 8.78 Å². The van der Waals surface area contributed by atoms with Gasteiger partial charge in [-0.15, -0.1) is 0 Å². The molecule has 2 aliphatic heterocycles. The SMILES string of the molecule is CC[C@@H](OC(C)=O)[C@@H](OC(C)=O)C1O[C@](O)(C(=O)OC)C(F)[C@@H](C)[C@H]1C.CC[C@@H](OC(C)=O)[C@@H](OC(C)=O)C1O[C@](OS(C)(=O)=O)(C(=O)OC)C(F)[C@@H](C)[C@H]1C. The molecule has 0 amide bonds. The second kappa shape index (κ2) is 20.8. The summed E-state index contributed by atoms with van der Waals surface area (Å²) in [5, 5.41) is 10.5. The number of aliphatic hydroxyl groups is 1. The van der Waals surface area contributed by atoms with Crippen LogP contribution in [0.25, 0.3) is 0 Å². The lowest BCUT2D eigenvalue weighted by Gasteiger charge is -2.48. The summed E-state index contributed by atoms with van der Waals surface area (Å²) in [5.74, 6) is -14.3. The van der Waals surface area contributed by atoms with Crippen LogP contribution in [0.5, 0.6) is 0 Å². The first-order valence-corrected chi connectivity index (χ1v) is 19.6. The topological polar surface area (TPSA) is 240 Å². The number of hydrogen-bond acceptors (Lipinski definition) is 18. The fraction of sp³-hybridized carbons (Fsp3) is 0.829. The number of carbonyl (C=O) groups is 6. The Balaban J connectivity index is 0.000000566. The molecule has 0 aromatic carbocycles. The Morgan fingerprint density at radius 1 is 0.643 bits per heavy atom. The molecule has 2 fully saturated rings. The molecule has 2 heterocycles. The third-order valence-electron chi connectivity index (χ3n) is 9.63. The molecule has 324 valence electrons. The van der Waals surface area contributed by atoms with Crippen molar-refractivity contribution in [2.45, 2.75) is 143 Å². The molecule has 2 rings (SSSR count). The van der Waals surface area contributed by atoms with E-state index in [1.807, 2.05) is 0 Å². The molecule has 14 atom stereocenters. The van der Waals surface area contributed by atoms with Gasteiger partial charge in [-0.1, -0.05) is 41.5 Å². The second-order valence-corrected chi connectivity index (χ2v) is 15.4. The first-order chi connectivity index (χ1) is 25.7. The summed E-state index contributed by atoms with van der Waals surface area (Å²) in [7, 11) is -2.48. The highest BCUT2D eigenvalue weighted by atomic mass is 32.2. The van der Waals surface area contributed by atoms with Crippen LogP contribution in [0.2, 0.25) is 0 Å². The number of rotatable bonds is 14.